The van der Waals surface area contributed by atoms with Crippen LogP contribution in [-0.4, -0.2) is 62.5 Å². The van der Waals surface area contributed by atoms with Gasteiger partial charge in [0, 0.05) is 45.9 Å². The van der Waals surface area contributed by atoms with Gasteiger partial charge in [-0.2, -0.15) is 13.2 Å². The zero-order valence-electron chi connectivity index (χ0n) is 17.2. The molecule has 0 radical (unpaired) electrons. The van der Waals surface area contributed by atoms with Crippen molar-refractivity contribution in [1.82, 2.24) is 15.5 Å². The van der Waals surface area contributed by atoms with E-state index in [4.69, 9.17) is 4.74 Å². The van der Waals surface area contributed by atoms with Crippen LogP contribution >= 0.6 is 0 Å². The van der Waals surface area contributed by atoms with E-state index in [9.17, 15) is 13.2 Å². The predicted octanol–water partition coefficient (Wildman–Crippen LogP) is 3.57. The van der Waals surface area contributed by atoms with E-state index >= 15 is 0 Å². The van der Waals surface area contributed by atoms with Crippen LogP contribution in [0, 0.1) is 0 Å². The first-order valence-electron chi connectivity index (χ1n) is 10.4. The monoisotopic (exact) mass is 414 g/mol. The van der Waals surface area contributed by atoms with Gasteiger partial charge in [0.25, 0.3) is 0 Å². The number of hydrogen-bond acceptors (Lipinski definition) is 3. The minimum absolute atomic E-state index is 0.173. The summed E-state index contributed by atoms with van der Waals surface area (Å²) in [5, 5.41) is 5.67. The lowest BCUT2D eigenvalue weighted by Gasteiger charge is -2.31. The first-order chi connectivity index (χ1) is 14.0. The summed E-state index contributed by atoms with van der Waals surface area (Å²) in [4.78, 5) is 6.77. The Labute approximate surface area is 171 Å². The number of piperidine rings is 1. The molecule has 1 heterocycles. The van der Waals surface area contributed by atoms with Gasteiger partial charge in [-0.15, -0.1) is 0 Å². The Morgan fingerprint density at radius 2 is 1.90 bits per heavy atom. The molecule has 2 N–H and O–H groups in total. The molecule has 0 spiro atoms. The number of alkyl halides is 3. The Hall–Kier alpha value is -1.80. The lowest BCUT2D eigenvalue weighted by atomic mass is 10.1. The normalized spacial score (nSPS) is 16.8. The van der Waals surface area contributed by atoms with E-state index in [2.05, 4.69) is 44.8 Å². The maximum Gasteiger partial charge on any atom is 0.390 e. The largest absolute Gasteiger partial charge is 0.390 e. The predicted molar refractivity (Wildman–Crippen MR) is 110 cm³/mol. The third-order valence-electron chi connectivity index (χ3n) is 4.75. The number of aliphatic imine (C=N–C) groups is 1. The second kappa shape index (κ2) is 12.7. The number of likely N-dealkylation sites (tertiary alicyclic amines) is 1. The second-order valence-corrected chi connectivity index (χ2v) is 7.24. The highest BCUT2D eigenvalue weighted by Crippen LogP contribution is 2.18. The molecule has 0 atom stereocenters. The molecule has 1 aliphatic rings. The van der Waals surface area contributed by atoms with Crippen molar-refractivity contribution in [3.63, 3.8) is 0 Å². The molecular formula is C21H33F3N4O. The van der Waals surface area contributed by atoms with Gasteiger partial charge in [0.05, 0.1) is 12.5 Å². The molecule has 0 saturated carbocycles. The number of hydrogen-bond donors (Lipinski definition) is 2. The van der Waals surface area contributed by atoms with E-state index < -0.39 is 12.6 Å². The molecule has 29 heavy (non-hydrogen) atoms. The molecule has 0 unspecified atom stereocenters. The topological polar surface area (TPSA) is 48.9 Å². The van der Waals surface area contributed by atoms with Crippen molar-refractivity contribution in [2.24, 2.45) is 4.99 Å². The van der Waals surface area contributed by atoms with Gasteiger partial charge in [0.1, 0.15) is 0 Å². The van der Waals surface area contributed by atoms with Gasteiger partial charge in [-0.05, 0) is 31.7 Å². The highest BCUT2D eigenvalue weighted by molar-refractivity contribution is 5.79. The minimum Gasteiger partial charge on any atom is -0.378 e. The van der Waals surface area contributed by atoms with E-state index in [-0.39, 0.29) is 12.6 Å². The average molecular weight is 415 g/mol. The Balaban J connectivity index is 1.57. The summed E-state index contributed by atoms with van der Waals surface area (Å²) in [5.41, 5.74) is 1.34. The zero-order chi connectivity index (χ0) is 21.0. The van der Waals surface area contributed by atoms with E-state index in [1.165, 1.54) is 5.56 Å². The number of nitrogens with zero attached hydrogens (tertiary/aromatic N) is 2. The van der Waals surface area contributed by atoms with Gasteiger partial charge in [-0.25, -0.2) is 0 Å². The molecular weight excluding hydrogens is 381 g/mol. The number of rotatable bonds is 10. The molecule has 0 amide bonds. The summed E-state index contributed by atoms with van der Waals surface area (Å²) in [6, 6.07) is 10.5. The molecule has 0 aromatic heterocycles. The Morgan fingerprint density at radius 1 is 1.17 bits per heavy atom. The number of nitrogens with one attached hydrogen (secondary N) is 2. The SMILES string of the molecule is CCNC(=NCCCOC1CCN(Cc2ccccc2)CC1)NCCC(F)(F)F. The van der Waals surface area contributed by atoms with Gasteiger partial charge in [-0.3, -0.25) is 9.89 Å². The molecule has 0 aliphatic carbocycles. The Morgan fingerprint density at radius 3 is 2.55 bits per heavy atom. The summed E-state index contributed by atoms with van der Waals surface area (Å²) in [5.74, 6) is 0.422. The zero-order valence-corrected chi connectivity index (χ0v) is 17.2. The first-order valence-corrected chi connectivity index (χ1v) is 10.4. The Kier molecular flexibility index (Phi) is 10.3. The highest BCUT2D eigenvalue weighted by Gasteiger charge is 2.26. The first kappa shape index (κ1) is 23.5. The van der Waals surface area contributed by atoms with Crippen LogP contribution in [0.15, 0.2) is 35.3 Å². The van der Waals surface area contributed by atoms with Crippen molar-refractivity contribution in [2.45, 2.75) is 51.4 Å². The fourth-order valence-electron chi connectivity index (χ4n) is 3.25. The highest BCUT2D eigenvalue weighted by atomic mass is 19.4. The van der Waals surface area contributed by atoms with Crippen molar-refractivity contribution < 1.29 is 17.9 Å². The van der Waals surface area contributed by atoms with Crippen LogP contribution in [0.5, 0.6) is 0 Å². The summed E-state index contributed by atoms with van der Waals surface area (Å²) < 4.78 is 42.7. The lowest BCUT2D eigenvalue weighted by molar-refractivity contribution is -0.132. The third-order valence-corrected chi connectivity index (χ3v) is 4.75. The fraction of sp³-hybridized carbons (Fsp3) is 0.667. The van der Waals surface area contributed by atoms with Crippen molar-refractivity contribution in [1.29, 1.82) is 0 Å². The van der Waals surface area contributed by atoms with E-state index in [0.717, 1.165) is 38.9 Å². The maximum absolute atomic E-state index is 12.2. The van der Waals surface area contributed by atoms with Crippen LogP contribution in [0.25, 0.3) is 0 Å². The van der Waals surface area contributed by atoms with E-state index in [1.807, 2.05) is 13.0 Å². The molecule has 1 aliphatic heterocycles. The molecule has 8 heteroatoms. The lowest BCUT2D eigenvalue weighted by Crippen LogP contribution is -2.39. The molecule has 1 fully saturated rings. The molecule has 1 aromatic carbocycles. The van der Waals surface area contributed by atoms with Gasteiger partial charge in [-0.1, -0.05) is 30.3 Å². The molecule has 5 nitrogen and oxygen atoms in total. The minimum atomic E-state index is -4.16. The van der Waals surface area contributed by atoms with Crippen molar-refractivity contribution in [3.05, 3.63) is 35.9 Å². The van der Waals surface area contributed by atoms with Gasteiger partial charge >= 0.3 is 6.18 Å². The summed E-state index contributed by atoms with van der Waals surface area (Å²) in [7, 11) is 0. The van der Waals surface area contributed by atoms with Crippen molar-refractivity contribution in [2.75, 3.05) is 39.3 Å². The van der Waals surface area contributed by atoms with Crippen LogP contribution in [0.2, 0.25) is 0 Å². The second-order valence-electron chi connectivity index (χ2n) is 7.24. The summed E-state index contributed by atoms with van der Waals surface area (Å²) in [6.07, 6.45) is -1.95. The third kappa shape index (κ3) is 10.5. The van der Waals surface area contributed by atoms with Gasteiger partial charge < -0.3 is 15.4 Å². The fourth-order valence-corrected chi connectivity index (χ4v) is 3.25. The number of ether oxygens (including phenoxy) is 1. The van der Waals surface area contributed by atoms with Gasteiger partial charge in [0.15, 0.2) is 5.96 Å². The van der Waals surface area contributed by atoms with E-state index in [1.54, 1.807) is 0 Å². The molecule has 2 rings (SSSR count). The molecule has 1 saturated heterocycles. The average Bonchev–Trinajstić information content (AvgIpc) is 2.69. The summed E-state index contributed by atoms with van der Waals surface area (Å²) >= 11 is 0. The number of guanidine groups is 1. The standard InChI is InChI=1S/C21H33F3N4O/c1-2-25-20(27-13-11-21(22,23)24)26-12-6-16-29-19-9-14-28(15-10-19)17-18-7-4-3-5-8-18/h3-5,7-8,19H,2,6,9-17H2,1H3,(H2,25,26,27). The van der Waals surface area contributed by atoms with Gasteiger partial charge in [0.2, 0.25) is 0 Å². The van der Waals surface area contributed by atoms with Crippen LogP contribution in [0.1, 0.15) is 38.2 Å². The van der Waals surface area contributed by atoms with Crippen LogP contribution < -0.4 is 10.6 Å². The maximum atomic E-state index is 12.2. The number of benzene rings is 1. The van der Waals surface area contributed by atoms with Crippen LogP contribution in [0.4, 0.5) is 13.2 Å². The smallest absolute Gasteiger partial charge is 0.378 e. The molecule has 164 valence electrons. The molecule has 1 aromatic rings. The van der Waals surface area contributed by atoms with Crippen molar-refractivity contribution >= 4 is 5.96 Å². The van der Waals surface area contributed by atoms with E-state index in [0.29, 0.717) is 25.7 Å². The van der Waals surface area contributed by atoms with Crippen LogP contribution in [-0.2, 0) is 11.3 Å². The number of halogens is 3. The Bertz CT molecular complexity index is 587. The quantitative estimate of drug-likeness (QED) is 0.349. The van der Waals surface area contributed by atoms with Crippen LogP contribution in [0.3, 0.4) is 0 Å². The summed E-state index contributed by atoms with van der Waals surface area (Å²) in [6.45, 7) is 6.51. The molecule has 0 bridgehead atoms. The van der Waals surface area contributed by atoms with Crippen molar-refractivity contribution in [3.8, 4) is 0 Å².